The Balaban J connectivity index is 1.46. The first kappa shape index (κ1) is 21.9. The lowest BCUT2D eigenvalue weighted by molar-refractivity contribution is -0.114. The smallest absolute Gasteiger partial charge is 0.243 e. The summed E-state index contributed by atoms with van der Waals surface area (Å²) < 4.78 is 5.43. The summed E-state index contributed by atoms with van der Waals surface area (Å²) in [6.45, 7) is 2.91. The second-order valence-corrected chi connectivity index (χ2v) is 7.84. The van der Waals surface area contributed by atoms with Crippen molar-refractivity contribution in [2.75, 3.05) is 48.4 Å². The molecule has 0 unspecified atom stereocenters. The summed E-state index contributed by atoms with van der Waals surface area (Å²) in [6.07, 6.45) is 0. The van der Waals surface area contributed by atoms with Crippen LogP contribution in [0.1, 0.15) is 15.9 Å². The van der Waals surface area contributed by atoms with E-state index in [4.69, 9.17) is 16.3 Å². The van der Waals surface area contributed by atoms with Gasteiger partial charge in [0, 0.05) is 29.2 Å². The van der Waals surface area contributed by atoms with E-state index in [1.165, 1.54) is 0 Å². The van der Waals surface area contributed by atoms with E-state index in [1.807, 2.05) is 36.4 Å². The molecule has 1 fully saturated rings. The molecule has 164 valence electrons. The minimum Gasteiger partial charge on any atom is -0.378 e. The molecular formula is C25H24ClN3O3. The molecule has 0 aromatic heterocycles. The SMILES string of the molecule is O=C(CNc1cc(Cl)ccc1N1CCOCC1)Nc1ccccc1C(=O)c1ccccc1. The monoisotopic (exact) mass is 449 g/mol. The molecule has 7 heteroatoms. The third kappa shape index (κ3) is 5.28. The average Bonchev–Trinajstić information content (AvgIpc) is 2.84. The molecule has 0 atom stereocenters. The van der Waals surface area contributed by atoms with Crippen LogP contribution in [0.4, 0.5) is 17.1 Å². The van der Waals surface area contributed by atoms with Crippen molar-refractivity contribution in [2.24, 2.45) is 0 Å². The number of halogens is 1. The second kappa shape index (κ2) is 10.3. The van der Waals surface area contributed by atoms with Crippen molar-refractivity contribution in [3.05, 3.63) is 88.9 Å². The third-order valence-electron chi connectivity index (χ3n) is 5.23. The maximum Gasteiger partial charge on any atom is 0.243 e. The Kier molecular flexibility index (Phi) is 7.04. The van der Waals surface area contributed by atoms with Gasteiger partial charge < -0.3 is 20.3 Å². The summed E-state index contributed by atoms with van der Waals surface area (Å²) in [4.78, 5) is 27.8. The fourth-order valence-electron chi connectivity index (χ4n) is 3.63. The highest BCUT2D eigenvalue weighted by Gasteiger charge is 2.17. The van der Waals surface area contributed by atoms with Gasteiger partial charge in [-0.1, -0.05) is 54.1 Å². The van der Waals surface area contributed by atoms with Crippen LogP contribution in [0, 0.1) is 0 Å². The van der Waals surface area contributed by atoms with Crippen molar-refractivity contribution in [3.63, 3.8) is 0 Å². The van der Waals surface area contributed by atoms with Crippen LogP contribution in [-0.2, 0) is 9.53 Å². The number of morpholine rings is 1. The quantitative estimate of drug-likeness (QED) is 0.521. The highest BCUT2D eigenvalue weighted by atomic mass is 35.5. The average molecular weight is 450 g/mol. The van der Waals surface area contributed by atoms with E-state index in [-0.39, 0.29) is 18.2 Å². The van der Waals surface area contributed by atoms with E-state index in [1.54, 1.807) is 36.4 Å². The van der Waals surface area contributed by atoms with Gasteiger partial charge in [0.25, 0.3) is 0 Å². The fourth-order valence-corrected chi connectivity index (χ4v) is 3.81. The van der Waals surface area contributed by atoms with Crippen LogP contribution < -0.4 is 15.5 Å². The molecule has 1 aliphatic rings. The molecule has 1 aliphatic heterocycles. The van der Waals surface area contributed by atoms with E-state index in [2.05, 4.69) is 15.5 Å². The summed E-state index contributed by atoms with van der Waals surface area (Å²) in [5, 5.41) is 6.63. The molecule has 1 saturated heterocycles. The first-order valence-electron chi connectivity index (χ1n) is 10.5. The zero-order valence-corrected chi connectivity index (χ0v) is 18.3. The number of hydrogen-bond acceptors (Lipinski definition) is 5. The Bertz CT molecular complexity index is 1100. The van der Waals surface area contributed by atoms with Crippen LogP contribution in [0.15, 0.2) is 72.8 Å². The first-order valence-corrected chi connectivity index (χ1v) is 10.8. The summed E-state index contributed by atoms with van der Waals surface area (Å²) in [7, 11) is 0. The molecule has 4 rings (SSSR count). The van der Waals surface area contributed by atoms with E-state index in [0.29, 0.717) is 35.1 Å². The minimum atomic E-state index is -0.258. The lowest BCUT2D eigenvalue weighted by atomic mass is 10.0. The molecule has 0 spiro atoms. The van der Waals surface area contributed by atoms with Gasteiger partial charge in [0.05, 0.1) is 36.8 Å². The Morgan fingerprint density at radius 3 is 2.41 bits per heavy atom. The van der Waals surface area contributed by atoms with Gasteiger partial charge in [-0.3, -0.25) is 9.59 Å². The van der Waals surface area contributed by atoms with Crippen molar-refractivity contribution in [1.29, 1.82) is 0 Å². The Morgan fingerprint density at radius 2 is 1.62 bits per heavy atom. The van der Waals surface area contributed by atoms with Crippen LogP contribution in [0.2, 0.25) is 5.02 Å². The Hall–Kier alpha value is -3.35. The standard InChI is InChI=1S/C25H24ClN3O3/c26-19-10-11-23(29-12-14-32-15-13-29)22(16-19)27-17-24(30)28-21-9-5-4-8-20(21)25(31)18-6-2-1-3-7-18/h1-11,16,27H,12-15,17H2,(H,28,30). The van der Waals surface area contributed by atoms with Crippen molar-refractivity contribution in [2.45, 2.75) is 0 Å². The number of anilines is 3. The number of ether oxygens (including phenoxy) is 1. The normalized spacial score (nSPS) is 13.5. The Morgan fingerprint density at radius 1 is 0.906 bits per heavy atom. The summed E-state index contributed by atoms with van der Waals surface area (Å²) in [6, 6.07) is 21.6. The topological polar surface area (TPSA) is 70.7 Å². The van der Waals surface area contributed by atoms with Gasteiger partial charge in [-0.05, 0) is 30.3 Å². The number of hydrogen-bond donors (Lipinski definition) is 2. The van der Waals surface area contributed by atoms with Crippen LogP contribution in [-0.4, -0.2) is 44.5 Å². The summed E-state index contributed by atoms with van der Waals surface area (Å²) >= 11 is 6.19. The molecule has 0 bridgehead atoms. The summed E-state index contributed by atoms with van der Waals surface area (Å²) in [5.74, 6) is -0.398. The minimum absolute atomic E-state index is 0.0333. The number of ketones is 1. The van der Waals surface area contributed by atoms with Gasteiger partial charge in [0.2, 0.25) is 5.91 Å². The van der Waals surface area contributed by atoms with Gasteiger partial charge in [-0.15, -0.1) is 0 Å². The van der Waals surface area contributed by atoms with Crippen molar-refractivity contribution >= 4 is 40.4 Å². The van der Waals surface area contributed by atoms with E-state index < -0.39 is 0 Å². The van der Waals surface area contributed by atoms with Gasteiger partial charge in [-0.25, -0.2) is 0 Å². The number of amides is 1. The molecule has 3 aromatic rings. The van der Waals surface area contributed by atoms with Gasteiger partial charge in [0.1, 0.15) is 0 Å². The molecule has 1 amide bonds. The van der Waals surface area contributed by atoms with Crippen molar-refractivity contribution < 1.29 is 14.3 Å². The molecule has 32 heavy (non-hydrogen) atoms. The van der Waals surface area contributed by atoms with Crippen molar-refractivity contribution in [3.8, 4) is 0 Å². The zero-order chi connectivity index (χ0) is 22.3. The van der Waals surface area contributed by atoms with Crippen LogP contribution in [0.3, 0.4) is 0 Å². The van der Waals surface area contributed by atoms with Crippen LogP contribution in [0.5, 0.6) is 0 Å². The fraction of sp³-hybridized carbons (Fsp3) is 0.200. The predicted octanol–water partition coefficient (Wildman–Crippen LogP) is 4.46. The largest absolute Gasteiger partial charge is 0.378 e. The van der Waals surface area contributed by atoms with E-state index in [9.17, 15) is 9.59 Å². The molecular weight excluding hydrogens is 426 g/mol. The lowest BCUT2D eigenvalue weighted by Gasteiger charge is -2.30. The molecule has 6 nitrogen and oxygen atoms in total. The maximum absolute atomic E-state index is 12.9. The molecule has 2 N–H and O–H groups in total. The number of nitrogens with one attached hydrogen (secondary N) is 2. The second-order valence-electron chi connectivity index (χ2n) is 7.40. The van der Waals surface area contributed by atoms with Crippen LogP contribution >= 0.6 is 11.6 Å². The molecule has 0 radical (unpaired) electrons. The molecule has 0 aliphatic carbocycles. The molecule has 1 heterocycles. The molecule has 3 aromatic carbocycles. The number of benzene rings is 3. The number of carbonyl (C=O) groups is 2. The number of rotatable bonds is 7. The van der Waals surface area contributed by atoms with Crippen LogP contribution in [0.25, 0.3) is 0 Å². The maximum atomic E-state index is 12.9. The van der Waals surface area contributed by atoms with Crippen molar-refractivity contribution in [1.82, 2.24) is 0 Å². The first-order chi connectivity index (χ1) is 15.6. The Labute approximate surface area is 192 Å². The van der Waals surface area contributed by atoms with Gasteiger partial charge >= 0.3 is 0 Å². The van der Waals surface area contributed by atoms with E-state index in [0.717, 1.165) is 24.5 Å². The zero-order valence-electron chi connectivity index (χ0n) is 17.5. The molecule has 0 saturated carbocycles. The highest BCUT2D eigenvalue weighted by Crippen LogP contribution is 2.30. The summed E-state index contributed by atoms with van der Waals surface area (Å²) in [5.41, 5.74) is 3.26. The lowest BCUT2D eigenvalue weighted by Crippen LogP contribution is -2.36. The van der Waals surface area contributed by atoms with E-state index >= 15 is 0 Å². The highest BCUT2D eigenvalue weighted by molar-refractivity contribution is 6.31. The van der Waals surface area contributed by atoms with Gasteiger partial charge in [0.15, 0.2) is 5.78 Å². The number of para-hydroxylation sites is 1. The third-order valence-corrected chi connectivity index (χ3v) is 5.47. The number of nitrogens with zero attached hydrogens (tertiary/aromatic N) is 1. The predicted molar refractivity (Wildman–Crippen MR) is 128 cm³/mol. The number of carbonyl (C=O) groups excluding carboxylic acids is 2. The van der Waals surface area contributed by atoms with Gasteiger partial charge in [-0.2, -0.15) is 0 Å².